The molecule has 0 spiro atoms. The minimum absolute atomic E-state index is 0.196. The van der Waals surface area contributed by atoms with Crippen LogP contribution in [0.15, 0.2) is 54.6 Å². The molecule has 2 rings (SSSR count). The molecular weight excluding hydrogens is 412 g/mol. The Kier molecular flexibility index (Phi) is 8.80. The van der Waals surface area contributed by atoms with Crippen molar-refractivity contribution in [2.45, 2.75) is 44.8 Å². The quantitative estimate of drug-likeness (QED) is 0.647. The number of ether oxygens (including phenoxy) is 1. The van der Waals surface area contributed by atoms with E-state index in [0.717, 1.165) is 11.1 Å². The lowest BCUT2D eigenvalue weighted by Gasteiger charge is -2.26. The third kappa shape index (κ3) is 8.92. The summed E-state index contributed by atoms with van der Waals surface area (Å²) >= 11 is 0. The van der Waals surface area contributed by atoms with Gasteiger partial charge >= 0.3 is 6.09 Å². The molecule has 0 fully saturated rings. The van der Waals surface area contributed by atoms with Crippen LogP contribution in [-0.4, -0.2) is 40.3 Å². The maximum absolute atomic E-state index is 12.6. The van der Waals surface area contributed by atoms with Crippen LogP contribution < -0.4 is 5.32 Å². The molecule has 0 aromatic heterocycles. The van der Waals surface area contributed by atoms with Crippen molar-refractivity contribution in [3.8, 4) is 0 Å². The summed E-state index contributed by atoms with van der Waals surface area (Å²) in [6.07, 6.45) is -0.463. The molecule has 2 aromatic rings. The highest BCUT2D eigenvalue weighted by atomic mass is 32.2. The number of amides is 2. The largest absolute Gasteiger partial charge is 0.444 e. The van der Waals surface area contributed by atoms with Gasteiger partial charge in [-0.1, -0.05) is 49.4 Å². The predicted octanol–water partition coefficient (Wildman–Crippen LogP) is 4.58. The predicted molar refractivity (Wildman–Crippen MR) is 125 cm³/mol. The highest BCUT2D eigenvalue weighted by molar-refractivity contribution is 7.83. The van der Waals surface area contributed by atoms with E-state index in [0.29, 0.717) is 17.2 Å². The van der Waals surface area contributed by atoms with E-state index in [-0.39, 0.29) is 12.5 Å². The smallest absolute Gasteiger partial charge is 0.410 e. The van der Waals surface area contributed by atoms with Crippen molar-refractivity contribution in [3.63, 3.8) is 0 Å². The summed E-state index contributed by atoms with van der Waals surface area (Å²) in [4.78, 5) is 26.1. The van der Waals surface area contributed by atoms with Crippen LogP contribution in [0.3, 0.4) is 0 Å². The van der Waals surface area contributed by atoms with Crippen molar-refractivity contribution in [2.24, 2.45) is 5.92 Å². The first kappa shape index (κ1) is 24.6. The summed E-state index contributed by atoms with van der Waals surface area (Å²) in [5.74, 6) is 0.285. The fourth-order valence-corrected chi connectivity index (χ4v) is 4.13. The van der Waals surface area contributed by atoms with Crippen molar-refractivity contribution in [3.05, 3.63) is 65.7 Å². The molecule has 168 valence electrons. The molecular formula is C24H32N2O4S. The number of benzene rings is 2. The Bertz CT molecular complexity index is 909. The van der Waals surface area contributed by atoms with Gasteiger partial charge in [-0.25, -0.2) is 4.79 Å². The van der Waals surface area contributed by atoms with Gasteiger partial charge in [-0.3, -0.25) is 9.00 Å². The van der Waals surface area contributed by atoms with E-state index in [1.807, 2.05) is 48.5 Å². The first-order valence-corrected chi connectivity index (χ1v) is 11.7. The van der Waals surface area contributed by atoms with Crippen LogP contribution in [0.5, 0.6) is 0 Å². The van der Waals surface area contributed by atoms with Gasteiger partial charge < -0.3 is 15.0 Å². The number of carbonyl (C=O) groups excluding carboxylic acids is 2. The molecule has 2 aromatic carbocycles. The first-order valence-electron chi connectivity index (χ1n) is 10.3. The fourth-order valence-electron chi connectivity index (χ4n) is 2.91. The van der Waals surface area contributed by atoms with Gasteiger partial charge in [0.1, 0.15) is 5.60 Å². The number of nitrogens with one attached hydrogen (secondary N) is 1. The van der Waals surface area contributed by atoms with Crippen LogP contribution in [0.2, 0.25) is 0 Å². The molecule has 2 atom stereocenters. The minimum atomic E-state index is -1.04. The molecule has 0 heterocycles. The molecule has 0 aliphatic carbocycles. The second-order valence-electron chi connectivity index (χ2n) is 8.67. The molecule has 0 aliphatic rings. The minimum Gasteiger partial charge on any atom is -0.444 e. The average Bonchev–Trinajstić information content (AvgIpc) is 2.67. The molecule has 0 saturated carbocycles. The lowest BCUT2D eigenvalue weighted by atomic mass is 10.1. The zero-order valence-corrected chi connectivity index (χ0v) is 19.7. The standard InChI is InChI=1S/C24H32N2O4S/c1-18(15-26(5)23(28)30-24(2,3)4)22(27)25-21-13-9-12-20(14-21)17-31(29)16-19-10-7-6-8-11-19/h6-14,18H,15-17H2,1-5H3,(H,25,27)/t18-,31+/m0/s1. The maximum atomic E-state index is 12.6. The summed E-state index contributed by atoms with van der Waals surface area (Å²) in [7, 11) is 0.567. The van der Waals surface area contributed by atoms with Crippen LogP contribution in [0, 0.1) is 5.92 Å². The van der Waals surface area contributed by atoms with Gasteiger partial charge in [-0.2, -0.15) is 0 Å². The van der Waals surface area contributed by atoms with Crippen LogP contribution >= 0.6 is 0 Å². The summed E-state index contributed by atoms with van der Waals surface area (Å²) in [5, 5.41) is 2.88. The topological polar surface area (TPSA) is 75.7 Å². The second kappa shape index (κ2) is 11.1. The number of carbonyl (C=O) groups is 2. The van der Waals surface area contributed by atoms with E-state index in [9.17, 15) is 13.8 Å². The van der Waals surface area contributed by atoms with E-state index in [1.54, 1.807) is 40.8 Å². The van der Waals surface area contributed by atoms with Gasteiger partial charge in [0.25, 0.3) is 0 Å². The van der Waals surface area contributed by atoms with Gasteiger partial charge in [-0.15, -0.1) is 0 Å². The molecule has 6 nitrogen and oxygen atoms in total. The van der Waals surface area contributed by atoms with E-state index in [1.165, 1.54) is 4.90 Å². The van der Waals surface area contributed by atoms with Crippen LogP contribution in [0.25, 0.3) is 0 Å². The zero-order valence-electron chi connectivity index (χ0n) is 18.9. The Balaban J connectivity index is 1.90. The molecule has 31 heavy (non-hydrogen) atoms. The molecule has 0 saturated heterocycles. The molecule has 0 bridgehead atoms. The number of hydrogen-bond acceptors (Lipinski definition) is 4. The van der Waals surface area contributed by atoms with Crippen molar-refractivity contribution >= 4 is 28.5 Å². The van der Waals surface area contributed by atoms with E-state index >= 15 is 0 Å². The summed E-state index contributed by atoms with van der Waals surface area (Å²) < 4.78 is 17.8. The maximum Gasteiger partial charge on any atom is 0.410 e. The van der Waals surface area contributed by atoms with Gasteiger partial charge in [0.15, 0.2) is 0 Å². The number of anilines is 1. The highest BCUT2D eigenvalue weighted by Gasteiger charge is 2.23. The Morgan fingerprint density at radius 3 is 2.29 bits per heavy atom. The summed E-state index contributed by atoms with van der Waals surface area (Å²) in [6, 6.07) is 17.1. The number of rotatable bonds is 8. The molecule has 2 amide bonds. The zero-order chi connectivity index (χ0) is 23.0. The third-order valence-electron chi connectivity index (χ3n) is 4.39. The van der Waals surface area contributed by atoms with Gasteiger partial charge in [0.2, 0.25) is 5.91 Å². The van der Waals surface area contributed by atoms with E-state index < -0.39 is 28.4 Å². The Labute approximate surface area is 187 Å². The molecule has 1 N–H and O–H groups in total. The van der Waals surface area contributed by atoms with Gasteiger partial charge in [0.05, 0.1) is 5.92 Å². The van der Waals surface area contributed by atoms with Crippen molar-refractivity contribution in [1.29, 1.82) is 0 Å². The first-order chi connectivity index (χ1) is 14.5. The Morgan fingerprint density at radius 2 is 1.65 bits per heavy atom. The van der Waals surface area contributed by atoms with Crippen molar-refractivity contribution in [2.75, 3.05) is 18.9 Å². The lowest BCUT2D eigenvalue weighted by Crippen LogP contribution is -2.39. The summed E-state index contributed by atoms with van der Waals surface area (Å²) in [6.45, 7) is 7.40. The Hall–Kier alpha value is -2.67. The van der Waals surface area contributed by atoms with Crippen molar-refractivity contribution < 1.29 is 18.5 Å². The normalized spacial score (nSPS) is 13.2. The molecule has 0 unspecified atom stereocenters. The summed E-state index contributed by atoms with van der Waals surface area (Å²) in [5.41, 5.74) is 1.99. The van der Waals surface area contributed by atoms with Crippen LogP contribution in [0.1, 0.15) is 38.8 Å². The second-order valence-corrected chi connectivity index (χ2v) is 10.1. The molecule has 0 radical (unpaired) electrons. The van der Waals surface area contributed by atoms with Gasteiger partial charge in [0, 0.05) is 41.6 Å². The molecule has 7 heteroatoms. The van der Waals surface area contributed by atoms with Crippen molar-refractivity contribution in [1.82, 2.24) is 4.90 Å². The lowest BCUT2D eigenvalue weighted by molar-refractivity contribution is -0.119. The van der Waals surface area contributed by atoms with Gasteiger partial charge in [-0.05, 0) is 44.0 Å². The van der Waals surface area contributed by atoms with E-state index in [4.69, 9.17) is 4.74 Å². The number of hydrogen-bond donors (Lipinski definition) is 1. The highest BCUT2D eigenvalue weighted by Crippen LogP contribution is 2.16. The van der Waals surface area contributed by atoms with Crippen LogP contribution in [0.4, 0.5) is 10.5 Å². The SMILES string of the molecule is C[C@@H](CN(C)C(=O)OC(C)(C)C)C(=O)Nc1cccc(C[S@](=O)Cc2ccccc2)c1. The fraction of sp³-hybridized carbons (Fsp3) is 0.417. The van der Waals surface area contributed by atoms with E-state index in [2.05, 4.69) is 5.32 Å². The monoisotopic (exact) mass is 444 g/mol. The van der Waals surface area contributed by atoms with Crippen LogP contribution in [-0.2, 0) is 31.8 Å². The molecule has 0 aliphatic heterocycles. The average molecular weight is 445 g/mol. The number of nitrogens with zero attached hydrogens (tertiary/aromatic N) is 1. The third-order valence-corrected chi connectivity index (χ3v) is 5.70. The Morgan fingerprint density at radius 1 is 1.03 bits per heavy atom.